The molecule has 0 radical (unpaired) electrons. The van der Waals surface area contributed by atoms with Gasteiger partial charge in [-0.05, 0) is 12.8 Å². The summed E-state index contributed by atoms with van der Waals surface area (Å²) >= 11 is 0. The Kier molecular flexibility index (Phi) is 5.24. The summed E-state index contributed by atoms with van der Waals surface area (Å²) in [7, 11) is 0. The van der Waals surface area contributed by atoms with Crippen LogP contribution in [-0.2, 0) is 4.79 Å². The monoisotopic (exact) mass is 252 g/mol. The summed E-state index contributed by atoms with van der Waals surface area (Å²) in [6, 6.07) is -0.300. The van der Waals surface area contributed by atoms with Crippen LogP contribution >= 0.6 is 0 Å². The van der Waals surface area contributed by atoms with Crippen LogP contribution in [0.25, 0.3) is 0 Å². The number of halogens is 3. The third-order valence-electron chi connectivity index (χ3n) is 3.05. The van der Waals surface area contributed by atoms with Gasteiger partial charge in [0.15, 0.2) is 0 Å². The molecule has 3 nitrogen and oxygen atoms in total. The second-order valence-electron chi connectivity index (χ2n) is 4.59. The third kappa shape index (κ3) is 5.91. The average molecular weight is 252 g/mol. The van der Waals surface area contributed by atoms with Crippen molar-refractivity contribution in [3.8, 4) is 0 Å². The molecule has 1 saturated carbocycles. The van der Waals surface area contributed by atoms with E-state index in [0.717, 1.165) is 32.1 Å². The second kappa shape index (κ2) is 6.23. The summed E-state index contributed by atoms with van der Waals surface area (Å²) in [4.78, 5) is 11.3. The number of hydrogen-bond donors (Lipinski definition) is 2. The van der Waals surface area contributed by atoms with E-state index in [-0.39, 0.29) is 12.1 Å². The fourth-order valence-corrected chi connectivity index (χ4v) is 2.05. The van der Waals surface area contributed by atoms with Gasteiger partial charge in [-0.1, -0.05) is 19.3 Å². The lowest BCUT2D eigenvalue weighted by Crippen LogP contribution is -2.47. The van der Waals surface area contributed by atoms with Gasteiger partial charge >= 0.3 is 6.18 Å². The minimum Gasteiger partial charge on any atom is -0.352 e. The van der Waals surface area contributed by atoms with E-state index in [0.29, 0.717) is 0 Å². The summed E-state index contributed by atoms with van der Waals surface area (Å²) in [6.07, 6.45) is -1.20. The Bertz CT molecular complexity index is 256. The van der Waals surface area contributed by atoms with Crippen LogP contribution in [0.5, 0.6) is 0 Å². The van der Waals surface area contributed by atoms with Gasteiger partial charge in [-0.15, -0.1) is 0 Å². The highest BCUT2D eigenvalue weighted by atomic mass is 19.4. The number of carbonyl (C=O) groups excluding carboxylic acids is 1. The molecule has 100 valence electrons. The van der Waals surface area contributed by atoms with Crippen molar-refractivity contribution in [2.45, 2.75) is 63.2 Å². The average Bonchev–Trinajstić information content (AvgIpc) is 2.41. The van der Waals surface area contributed by atoms with Crippen LogP contribution in [0.3, 0.4) is 0 Å². The lowest BCUT2D eigenvalue weighted by atomic mass is 10.0. The summed E-state index contributed by atoms with van der Waals surface area (Å²) in [5.41, 5.74) is 5.87. The van der Waals surface area contributed by atoms with Crippen molar-refractivity contribution >= 4 is 5.91 Å². The second-order valence-corrected chi connectivity index (χ2v) is 4.59. The highest BCUT2D eigenvalue weighted by Gasteiger charge is 2.29. The SMILES string of the molecule is NC1CCCCCC1NC(=O)CCC(F)(F)F. The fraction of sp³-hybridized carbons (Fsp3) is 0.909. The molecule has 0 bridgehead atoms. The quantitative estimate of drug-likeness (QED) is 0.756. The van der Waals surface area contributed by atoms with E-state index < -0.39 is 24.9 Å². The normalized spacial score (nSPS) is 26.4. The Labute approximate surface area is 98.9 Å². The molecule has 0 aromatic carbocycles. The minimum atomic E-state index is -4.27. The first-order chi connectivity index (χ1) is 7.88. The molecule has 0 spiro atoms. The Balaban J connectivity index is 2.33. The van der Waals surface area contributed by atoms with E-state index >= 15 is 0 Å². The summed E-state index contributed by atoms with van der Waals surface area (Å²) in [6.45, 7) is 0. The highest BCUT2D eigenvalue weighted by molar-refractivity contribution is 5.76. The lowest BCUT2D eigenvalue weighted by Gasteiger charge is -2.22. The van der Waals surface area contributed by atoms with Crippen LogP contribution in [0, 0.1) is 0 Å². The summed E-state index contributed by atoms with van der Waals surface area (Å²) in [5, 5.41) is 2.62. The number of nitrogens with two attached hydrogens (primary N) is 1. The first-order valence-electron chi connectivity index (χ1n) is 6.00. The Morgan fingerprint density at radius 3 is 2.53 bits per heavy atom. The van der Waals surface area contributed by atoms with E-state index in [9.17, 15) is 18.0 Å². The molecular weight excluding hydrogens is 233 g/mol. The standard InChI is InChI=1S/C11H19F3N2O/c12-11(13,14)7-6-10(17)16-9-5-3-1-2-4-8(9)15/h8-9H,1-7,15H2,(H,16,17). The van der Waals surface area contributed by atoms with Gasteiger partial charge in [0.05, 0.1) is 6.42 Å². The van der Waals surface area contributed by atoms with Gasteiger partial charge in [-0.2, -0.15) is 13.2 Å². The zero-order valence-corrected chi connectivity index (χ0v) is 9.72. The van der Waals surface area contributed by atoms with Gasteiger partial charge in [-0.3, -0.25) is 4.79 Å². The topological polar surface area (TPSA) is 55.1 Å². The highest BCUT2D eigenvalue weighted by Crippen LogP contribution is 2.21. The maximum atomic E-state index is 11.9. The van der Waals surface area contributed by atoms with Gasteiger partial charge in [0.2, 0.25) is 5.91 Å². The number of rotatable bonds is 3. The van der Waals surface area contributed by atoms with Gasteiger partial charge in [0, 0.05) is 18.5 Å². The molecule has 1 aliphatic carbocycles. The number of hydrogen-bond acceptors (Lipinski definition) is 2. The van der Waals surface area contributed by atoms with Gasteiger partial charge < -0.3 is 11.1 Å². The molecule has 0 aromatic heterocycles. The Morgan fingerprint density at radius 1 is 1.24 bits per heavy atom. The van der Waals surface area contributed by atoms with Crippen molar-refractivity contribution in [3.05, 3.63) is 0 Å². The molecule has 3 N–H and O–H groups in total. The maximum absolute atomic E-state index is 11.9. The van der Waals surface area contributed by atoms with E-state index in [1.165, 1.54) is 0 Å². The van der Waals surface area contributed by atoms with E-state index in [1.54, 1.807) is 0 Å². The molecule has 6 heteroatoms. The van der Waals surface area contributed by atoms with Crippen LogP contribution in [-0.4, -0.2) is 24.2 Å². The lowest BCUT2D eigenvalue weighted by molar-refractivity contribution is -0.144. The fourth-order valence-electron chi connectivity index (χ4n) is 2.05. The zero-order chi connectivity index (χ0) is 12.9. The van der Waals surface area contributed by atoms with Gasteiger partial charge in [0.1, 0.15) is 0 Å². The van der Waals surface area contributed by atoms with Crippen molar-refractivity contribution in [1.82, 2.24) is 5.32 Å². The Morgan fingerprint density at radius 2 is 1.88 bits per heavy atom. The molecule has 0 saturated heterocycles. The van der Waals surface area contributed by atoms with Crippen molar-refractivity contribution in [1.29, 1.82) is 0 Å². The third-order valence-corrected chi connectivity index (χ3v) is 3.05. The first-order valence-corrected chi connectivity index (χ1v) is 6.00. The predicted molar refractivity (Wildman–Crippen MR) is 58.3 cm³/mol. The minimum absolute atomic E-state index is 0.132. The smallest absolute Gasteiger partial charge is 0.352 e. The van der Waals surface area contributed by atoms with Crippen LogP contribution < -0.4 is 11.1 Å². The van der Waals surface area contributed by atoms with Crippen molar-refractivity contribution in [2.75, 3.05) is 0 Å². The molecule has 0 heterocycles. The van der Waals surface area contributed by atoms with Gasteiger partial charge in [-0.25, -0.2) is 0 Å². The number of alkyl halides is 3. The molecule has 1 rings (SSSR count). The van der Waals surface area contributed by atoms with Crippen LogP contribution in [0.4, 0.5) is 13.2 Å². The van der Waals surface area contributed by atoms with E-state index in [4.69, 9.17) is 5.73 Å². The molecular formula is C11H19F3N2O. The zero-order valence-electron chi connectivity index (χ0n) is 9.72. The molecule has 0 aromatic rings. The first kappa shape index (κ1) is 14.3. The van der Waals surface area contributed by atoms with Gasteiger partial charge in [0.25, 0.3) is 0 Å². The predicted octanol–water partition coefficient (Wildman–Crippen LogP) is 2.11. The van der Waals surface area contributed by atoms with E-state index in [2.05, 4.69) is 5.32 Å². The molecule has 1 fully saturated rings. The molecule has 17 heavy (non-hydrogen) atoms. The molecule has 1 aliphatic rings. The van der Waals surface area contributed by atoms with Crippen LogP contribution in [0.1, 0.15) is 44.9 Å². The number of carbonyl (C=O) groups is 1. The maximum Gasteiger partial charge on any atom is 0.389 e. The van der Waals surface area contributed by atoms with Crippen molar-refractivity contribution < 1.29 is 18.0 Å². The molecule has 2 unspecified atom stereocenters. The van der Waals surface area contributed by atoms with Crippen LogP contribution in [0.15, 0.2) is 0 Å². The Hall–Kier alpha value is -0.780. The molecule has 2 atom stereocenters. The number of amides is 1. The van der Waals surface area contributed by atoms with E-state index in [1.807, 2.05) is 0 Å². The molecule has 1 amide bonds. The molecule has 0 aliphatic heterocycles. The van der Waals surface area contributed by atoms with Crippen molar-refractivity contribution in [3.63, 3.8) is 0 Å². The summed E-state index contributed by atoms with van der Waals surface area (Å²) < 4.78 is 35.8. The summed E-state index contributed by atoms with van der Waals surface area (Å²) in [5.74, 6) is -0.551. The largest absolute Gasteiger partial charge is 0.389 e. The van der Waals surface area contributed by atoms with Crippen molar-refractivity contribution in [2.24, 2.45) is 5.73 Å². The van der Waals surface area contributed by atoms with Crippen LogP contribution in [0.2, 0.25) is 0 Å². The number of nitrogens with one attached hydrogen (secondary N) is 1.